The maximum absolute atomic E-state index is 5.36. The fraction of sp³-hybridized carbons (Fsp3) is 0.222. The van der Waals surface area contributed by atoms with Crippen LogP contribution < -0.4 is 4.74 Å². The summed E-state index contributed by atoms with van der Waals surface area (Å²) in [4.78, 5) is 4.18. The first kappa shape index (κ1) is 7.55. The van der Waals surface area contributed by atoms with Crippen molar-refractivity contribution in [2.24, 2.45) is 0 Å². The monoisotopic (exact) mass is 179 g/mol. The van der Waals surface area contributed by atoms with Crippen molar-refractivity contribution >= 4 is 21.6 Å². The van der Waals surface area contributed by atoms with Gasteiger partial charge in [-0.2, -0.15) is 0 Å². The Morgan fingerprint density at radius 3 is 3.25 bits per heavy atom. The molecule has 2 aromatic rings. The number of hydrogen-bond acceptors (Lipinski definition) is 3. The second-order valence-electron chi connectivity index (χ2n) is 2.41. The predicted octanol–water partition coefficient (Wildman–Crippen LogP) is 2.70. The van der Waals surface area contributed by atoms with Gasteiger partial charge in [-0.1, -0.05) is 0 Å². The summed E-state index contributed by atoms with van der Waals surface area (Å²) in [6.07, 6.45) is 0. The fourth-order valence-corrected chi connectivity index (χ4v) is 1.80. The SMILES string of the molecule is CCOc1ccc2ncsc2c1. The van der Waals surface area contributed by atoms with Crippen LogP contribution in [0, 0.1) is 0 Å². The Morgan fingerprint density at radius 1 is 1.50 bits per heavy atom. The van der Waals surface area contributed by atoms with Crippen LogP contribution in [0.15, 0.2) is 23.7 Å². The van der Waals surface area contributed by atoms with E-state index in [1.165, 1.54) is 4.70 Å². The summed E-state index contributed by atoms with van der Waals surface area (Å²) in [5, 5.41) is 0. The molecule has 12 heavy (non-hydrogen) atoms. The summed E-state index contributed by atoms with van der Waals surface area (Å²) in [7, 11) is 0. The maximum atomic E-state index is 5.36. The van der Waals surface area contributed by atoms with Gasteiger partial charge in [0.2, 0.25) is 0 Å². The molecule has 0 saturated heterocycles. The van der Waals surface area contributed by atoms with Crippen molar-refractivity contribution in [3.8, 4) is 5.75 Å². The summed E-state index contributed by atoms with van der Waals surface area (Å²) >= 11 is 1.64. The van der Waals surface area contributed by atoms with Gasteiger partial charge in [-0.15, -0.1) is 11.3 Å². The number of benzene rings is 1. The van der Waals surface area contributed by atoms with E-state index in [2.05, 4.69) is 4.98 Å². The van der Waals surface area contributed by atoms with Crippen LogP contribution in [0.4, 0.5) is 0 Å². The minimum Gasteiger partial charge on any atom is -0.494 e. The van der Waals surface area contributed by atoms with Gasteiger partial charge in [0.05, 0.1) is 22.3 Å². The number of ether oxygens (including phenoxy) is 1. The number of thiazole rings is 1. The number of rotatable bonds is 2. The van der Waals surface area contributed by atoms with Crippen LogP contribution in [0.5, 0.6) is 5.75 Å². The van der Waals surface area contributed by atoms with Crippen LogP contribution in [-0.2, 0) is 0 Å². The highest BCUT2D eigenvalue weighted by Crippen LogP contribution is 2.22. The van der Waals surface area contributed by atoms with Crippen LogP contribution in [0.1, 0.15) is 6.92 Å². The molecule has 0 saturated carbocycles. The lowest BCUT2D eigenvalue weighted by atomic mass is 10.3. The van der Waals surface area contributed by atoms with Gasteiger partial charge in [0.25, 0.3) is 0 Å². The van der Waals surface area contributed by atoms with Crippen LogP contribution >= 0.6 is 11.3 Å². The van der Waals surface area contributed by atoms with Crippen molar-refractivity contribution in [1.29, 1.82) is 0 Å². The predicted molar refractivity (Wildman–Crippen MR) is 50.8 cm³/mol. The van der Waals surface area contributed by atoms with Crippen molar-refractivity contribution in [3.05, 3.63) is 23.7 Å². The van der Waals surface area contributed by atoms with E-state index >= 15 is 0 Å². The molecular formula is C9H9NOS. The molecule has 3 heteroatoms. The van der Waals surface area contributed by atoms with Gasteiger partial charge in [0, 0.05) is 0 Å². The summed E-state index contributed by atoms with van der Waals surface area (Å²) in [6.45, 7) is 2.70. The molecule has 0 fully saturated rings. The third-order valence-corrected chi connectivity index (χ3v) is 2.41. The first-order chi connectivity index (χ1) is 5.90. The van der Waals surface area contributed by atoms with Gasteiger partial charge < -0.3 is 4.74 Å². The molecular weight excluding hydrogens is 170 g/mol. The minimum atomic E-state index is 0.713. The lowest BCUT2D eigenvalue weighted by Crippen LogP contribution is -1.89. The van der Waals surface area contributed by atoms with E-state index in [4.69, 9.17) is 4.74 Å². The second-order valence-corrected chi connectivity index (χ2v) is 3.30. The van der Waals surface area contributed by atoms with Gasteiger partial charge >= 0.3 is 0 Å². The molecule has 0 aliphatic carbocycles. The number of hydrogen-bond donors (Lipinski definition) is 0. The van der Waals surface area contributed by atoms with E-state index in [-0.39, 0.29) is 0 Å². The standard InChI is InChI=1S/C9H9NOS/c1-2-11-7-3-4-8-9(5-7)12-6-10-8/h3-6H,2H2,1H3. The molecule has 2 rings (SSSR count). The highest BCUT2D eigenvalue weighted by Gasteiger charge is 1.97. The highest BCUT2D eigenvalue weighted by molar-refractivity contribution is 7.16. The largest absolute Gasteiger partial charge is 0.494 e. The third-order valence-electron chi connectivity index (χ3n) is 1.61. The summed E-state index contributed by atoms with van der Waals surface area (Å²) in [5.41, 5.74) is 2.89. The van der Waals surface area contributed by atoms with Crippen molar-refractivity contribution in [2.45, 2.75) is 6.92 Å². The van der Waals surface area contributed by atoms with Crippen molar-refractivity contribution < 1.29 is 4.74 Å². The van der Waals surface area contributed by atoms with Gasteiger partial charge in [0.1, 0.15) is 5.75 Å². The van der Waals surface area contributed by atoms with E-state index in [0.29, 0.717) is 6.61 Å². The third kappa shape index (κ3) is 1.28. The van der Waals surface area contributed by atoms with E-state index in [1.54, 1.807) is 11.3 Å². The highest BCUT2D eigenvalue weighted by atomic mass is 32.1. The average molecular weight is 179 g/mol. The van der Waals surface area contributed by atoms with Crippen LogP contribution in [0.2, 0.25) is 0 Å². The first-order valence-corrected chi connectivity index (χ1v) is 4.74. The molecule has 0 N–H and O–H groups in total. The molecule has 0 unspecified atom stereocenters. The van der Waals surface area contributed by atoms with Crippen LogP contribution in [-0.4, -0.2) is 11.6 Å². The number of fused-ring (bicyclic) bond motifs is 1. The first-order valence-electron chi connectivity index (χ1n) is 3.86. The lowest BCUT2D eigenvalue weighted by Gasteiger charge is -2.00. The van der Waals surface area contributed by atoms with Crippen LogP contribution in [0.25, 0.3) is 10.2 Å². The molecule has 62 valence electrons. The molecule has 0 aliphatic heterocycles. The Labute approximate surface area is 74.8 Å². The molecule has 0 atom stereocenters. The van der Waals surface area contributed by atoms with E-state index in [0.717, 1.165) is 11.3 Å². The number of nitrogens with zero attached hydrogens (tertiary/aromatic N) is 1. The zero-order chi connectivity index (χ0) is 8.39. The van der Waals surface area contributed by atoms with E-state index < -0.39 is 0 Å². The quantitative estimate of drug-likeness (QED) is 0.707. The fourth-order valence-electron chi connectivity index (χ4n) is 1.09. The molecule has 0 amide bonds. The zero-order valence-electron chi connectivity index (χ0n) is 6.78. The smallest absolute Gasteiger partial charge is 0.120 e. The zero-order valence-corrected chi connectivity index (χ0v) is 7.60. The Bertz CT molecular complexity index is 383. The van der Waals surface area contributed by atoms with Gasteiger partial charge in [-0.3, -0.25) is 0 Å². The summed E-state index contributed by atoms with van der Waals surface area (Å²) in [5.74, 6) is 0.925. The summed E-state index contributed by atoms with van der Waals surface area (Å²) < 4.78 is 6.54. The molecule has 0 spiro atoms. The molecule has 2 nitrogen and oxygen atoms in total. The molecule has 0 bridgehead atoms. The molecule has 0 aliphatic rings. The van der Waals surface area contributed by atoms with Gasteiger partial charge in [-0.05, 0) is 25.1 Å². The lowest BCUT2D eigenvalue weighted by molar-refractivity contribution is 0.341. The van der Waals surface area contributed by atoms with Gasteiger partial charge in [0.15, 0.2) is 0 Å². The molecule has 1 aromatic carbocycles. The molecule has 1 aromatic heterocycles. The Balaban J connectivity index is 2.46. The van der Waals surface area contributed by atoms with E-state index in [9.17, 15) is 0 Å². The van der Waals surface area contributed by atoms with Gasteiger partial charge in [-0.25, -0.2) is 4.98 Å². The Kier molecular flexibility index (Phi) is 1.96. The van der Waals surface area contributed by atoms with Crippen molar-refractivity contribution in [3.63, 3.8) is 0 Å². The number of aromatic nitrogens is 1. The topological polar surface area (TPSA) is 22.1 Å². The normalized spacial score (nSPS) is 10.4. The summed E-state index contributed by atoms with van der Waals surface area (Å²) in [6, 6.07) is 5.96. The molecule has 1 heterocycles. The van der Waals surface area contributed by atoms with Crippen molar-refractivity contribution in [2.75, 3.05) is 6.61 Å². The average Bonchev–Trinajstić information content (AvgIpc) is 2.51. The molecule has 0 radical (unpaired) electrons. The van der Waals surface area contributed by atoms with Crippen molar-refractivity contribution in [1.82, 2.24) is 4.98 Å². The Hall–Kier alpha value is -1.09. The van der Waals surface area contributed by atoms with Crippen LogP contribution in [0.3, 0.4) is 0 Å². The van der Waals surface area contributed by atoms with E-state index in [1.807, 2.05) is 30.6 Å². The second kappa shape index (κ2) is 3.11. The maximum Gasteiger partial charge on any atom is 0.120 e. The minimum absolute atomic E-state index is 0.713. The Morgan fingerprint density at radius 2 is 2.42 bits per heavy atom.